The van der Waals surface area contributed by atoms with Crippen LogP contribution in [0, 0.1) is 0 Å². The van der Waals surface area contributed by atoms with E-state index in [-0.39, 0.29) is 11.9 Å². The smallest absolute Gasteiger partial charge is 0.319 e. The van der Waals surface area contributed by atoms with Crippen LogP contribution in [0.3, 0.4) is 0 Å². The van der Waals surface area contributed by atoms with Gasteiger partial charge in [-0.1, -0.05) is 43.7 Å². The minimum absolute atomic E-state index is 0.0624. The number of benzene rings is 1. The van der Waals surface area contributed by atoms with Crippen LogP contribution in [-0.2, 0) is 5.54 Å². The summed E-state index contributed by atoms with van der Waals surface area (Å²) >= 11 is 6.62. The molecule has 1 saturated heterocycles. The second kappa shape index (κ2) is 8.20. The summed E-state index contributed by atoms with van der Waals surface area (Å²) < 4.78 is 6.27. The fraction of sp³-hybridized carbons (Fsp3) is 0.600. The number of nitrogens with one attached hydrogen (secondary N) is 2. The van der Waals surface area contributed by atoms with Crippen LogP contribution in [0.5, 0.6) is 0 Å². The number of amides is 3. The average molecular weight is 471 g/mol. The predicted octanol–water partition coefficient (Wildman–Crippen LogP) is 5.08. The number of fused-ring (bicyclic) bond motifs is 4. The Morgan fingerprint density at radius 2 is 1.76 bits per heavy atom. The van der Waals surface area contributed by atoms with Crippen LogP contribution in [-0.4, -0.2) is 54.0 Å². The summed E-state index contributed by atoms with van der Waals surface area (Å²) in [6.45, 7) is 3.31. The lowest BCUT2D eigenvalue weighted by atomic mass is 9.74. The Morgan fingerprint density at radius 1 is 1.03 bits per heavy atom. The minimum atomic E-state index is -0.496. The first kappa shape index (κ1) is 21.3. The molecule has 7 nitrogen and oxygen atoms in total. The van der Waals surface area contributed by atoms with Gasteiger partial charge >= 0.3 is 6.03 Å². The fourth-order valence-corrected chi connectivity index (χ4v) is 6.76. The first-order valence-electron chi connectivity index (χ1n) is 12.4. The molecule has 8 heteroatoms. The number of halogens is 1. The summed E-state index contributed by atoms with van der Waals surface area (Å²) in [7, 11) is 0. The lowest BCUT2D eigenvalue weighted by Gasteiger charge is -2.42. The third-order valence-corrected chi connectivity index (χ3v) is 8.49. The molecule has 3 fully saturated rings. The third-order valence-electron chi connectivity index (χ3n) is 8.19. The van der Waals surface area contributed by atoms with Gasteiger partial charge in [-0.3, -0.25) is 9.69 Å². The second-order valence-corrected chi connectivity index (χ2v) is 10.5. The molecule has 3 heterocycles. The van der Waals surface area contributed by atoms with Crippen molar-refractivity contribution < 1.29 is 14.0 Å². The van der Waals surface area contributed by atoms with Crippen molar-refractivity contribution in [3.63, 3.8) is 0 Å². The molecule has 0 atom stereocenters. The maximum Gasteiger partial charge on any atom is 0.319 e. The number of furan rings is 1. The number of hydrogen-bond acceptors (Lipinski definition) is 4. The van der Waals surface area contributed by atoms with Crippen molar-refractivity contribution in [2.75, 3.05) is 31.5 Å². The molecule has 2 aromatic rings. The van der Waals surface area contributed by atoms with Gasteiger partial charge in [0.1, 0.15) is 5.58 Å². The topological polar surface area (TPSA) is 77.8 Å². The standard InChI is InChI=1S/C25H31ClN4O3/c26-18-14-16-15-19(23(31)30-12-10-29(11-13-30)17-6-2-3-7-17)33-22(16)20-21(18)27-24(32)28-25(20)8-4-1-5-9-25/h14-15,17H,1-13H2,(H2,27,28,32). The number of rotatable bonds is 2. The van der Waals surface area contributed by atoms with Crippen LogP contribution in [0.15, 0.2) is 16.5 Å². The minimum Gasteiger partial charge on any atom is -0.450 e. The van der Waals surface area contributed by atoms with Crippen LogP contribution in [0.2, 0.25) is 5.02 Å². The predicted molar refractivity (Wildman–Crippen MR) is 128 cm³/mol. The Bertz CT molecular complexity index is 1090. The summed E-state index contributed by atoms with van der Waals surface area (Å²) in [4.78, 5) is 30.3. The van der Waals surface area contributed by atoms with Crippen LogP contribution in [0.1, 0.15) is 73.9 Å². The molecule has 1 aromatic carbocycles. The van der Waals surface area contributed by atoms with E-state index in [9.17, 15) is 9.59 Å². The highest BCUT2D eigenvalue weighted by molar-refractivity contribution is 6.35. The van der Waals surface area contributed by atoms with Crippen LogP contribution >= 0.6 is 11.6 Å². The highest BCUT2D eigenvalue weighted by Crippen LogP contribution is 2.49. The number of piperazine rings is 1. The van der Waals surface area contributed by atoms with Crippen LogP contribution < -0.4 is 10.6 Å². The van der Waals surface area contributed by atoms with Crippen LogP contribution in [0.4, 0.5) is 10.5 Å². The van der Waals surface area contributed by atoms with E-state index >= 15 is 0 Å². The highest BCUT2D eigenvalue weighted by Gasteiger charge is 2.44. The maximum atomic E-state index is 13.4. The first-order valence-corrected chi connectivity index (χ1v) is 12.8. The van der Waals surface area contributed by atoms with E-state index in [1.54, 1.807) is 6.07 Å². The Labute approximate surface area is 198 Å². The van der Waals surface area contributed by atoms with E-state index in [2.05, 4.69) is 15.5 Å². The largest absolute Gasteiger partial charge is 0.450 e. The number of anilines is 1. The summed E-state index contributed by atoms with van der Waals surface area (Å²) in [6, 6.07) is 4.08. The SMILES string of the molecule is O=C1Nc2c(Cl)cc3cc(C(=O)N4CCN(C5CCCC5)CC4)oc3c2C2(CCCCC2)N1. The van der Waals surface area contributed by atoms with Crippen molar-refractivity contribution in [2.45, 2.75) is 69.4 Å². The molecule has 2 aliphatic carbocycles. The van der Waals surface area contributed by atoms with Crippen molar-refractivity contribution in [3.05, 3.63) is 28.5 Å². The van der Waals surface area contributed by atoms with Crippen molar-refractivity contribution in [2.24, 2.45) is 0 Å². The first-order chi connectivity index (χ1) is 16.0. The molecule has 6 rings (SSSR count). The third kappa shape index (κ3) is 3.60. The highest BCUT2D eigenvalue weighted by atomic mass is 35.5. The normalized spacial score (nSPS) is 23.5. The van der Waals surface area contributed by atoms with Gasteiger partial charge in [-0.15, -0.1) is 0 Å². The lowest BCUT2D eigenvalue weighted by Crippen LogP contribution is -2.52. The van der Waals surface area contributed by atoms with Crippen LogP contribution in [0.25, 0.3) is 11.0 Å². The van der Waals surface area contributed by atoms with Gasteiger partial charge in [0.2, 0.25) is 0 Å². The molecular formula is C25H31ClN4O3. The van der Waals surface area contributed by atoms with Gasteiger partial charge in [0.25, 0.3) is 5.91 Å². The maximum absolute atomic E-state index is 13.4. The fourth-order valence-electron chi connectivity index (χ4n) is 6.50. The van der Waals surface area contributed by atoms with Crippen molar-refractivity contribution in [3.8, 4) is 0 Å². The Kier molecular flexibility index (Phi) is 5.29. The van der Waals surface area contributed by atoms with E-state index in [1.807, 2.05) is 11.0 Å². The van der Waals surface area contributed by atoms with E-state index in [0.717, 1.165) is 69.2 Å². The van der Waals surface area contributed by atoms with Crippen molar-refractivity contribution in [1.29, 1.82) is 0 Å². The summed E-state index contributed by atoms with van der Waals surface area (Å²) in [5.41, 5.74) is 1.68. The van der Waals surface area contributed by atoms with E-state index in [0.29, 0.717) is 28.1 Å². The van der Waals surface area contributed by atoms with E-state index < -0.39 is 5.54 Å². The molecule has 2 saturated carbocycles. The molecule has 176 valence electrons. The lowest BCUT2D eigenvalue weighted by molar-refractivity contribution is 0.0546. The molecule has 2 N–H and O–H groups in total. The van der Waals surface area contributed by atoms with Gasteiger partial charge in [0.05, 0.1) is 16.2 Å². The average Bonchev–Trinajstić information content (AvgIpc) is 3.50. The number of hydrogen-bond donors (Lipinski definition) is 2. The molecule has 3 amide bonds. The quantitative estimate of drug-likeness (QED) is 0.641. The van der Waals surface area contributed by atoms with E-state index in [1.165, 1.54) is 25.7 Å². The molecular weight excluding hydrogens is 440 g/mol. The van der Waals surface area contributed by atoms with Crippen molar-refractivity contribution >= 4 is 40.2 Å². The van der Waals surface area contributed by atoms with E-state index in [4.69, 9.17) is 16.0 Å². The Hall–Kier alpha value is -2.25. The second-order valence-electron chi connectivity index (χ2n) is 10.1. The van der Waals surface area contributed by atoms with Gasteiger partial charge in [-0.05, 0) is 37.8 Å². The number of carbonyl (C=O) groups is 2. The molecule has 1 aromatic heterocycles. The van der Waals surface area contributed by atoms with Gasteiger partial charge in [0.15, 0.2) is 5.76 Å². The van der Waals surface area contributed by atoms with Crippen molar-refractivity contribution in [1.82, 2.24) is 15.1 Å². The number of nitrogens with zero attached hydrogens (tertiary/aromatic N) is 2. The zero-order valence-corrected chi connectivity index (χ0v) is 19.7. The monoisotopic (exact) mass is 470 g/mol. The Morgan fingerprint density at radius 3 is 2.48 bits per heavy atom. The Balaban J connectivity index is 1.31. The number of urea groups is 1. The summed E-state index contributed by atoms with van der Waals surface area (Å²) in [5, 5.41) is 7.36. The zero-order chi connectivity index (χ0) is 22.6. The molecule has 0 bridgehead atoms. The van der Waals surface area contributed by atoms with Gasteiger partial charge in [-0.25, -0.2) is 4.79 Å². The molecule has 0 radical (unpaired) electrons. The summed E-state index contributed by atoms with van der Waals surface area (Å²) in [6.07, 6.45) is 10.1. The molecule has 33 heavy (non-hydrogen) atoms. The molecule has 0 unspecified atom stereocenters. The van der Waals surface area contributed by atoms with Gasteiger partial charge in [-0.2, -0.15) is 0 Å². The van der Waals surface area contributed by atoms with Gasteiger partial charge in [0, 0.05) is 43.2 Å². The molecule has 4 aliphatic rings. The molecule has 2 aliphatic heterocycles. The summed E-state index contributed by atoms with van der Waals surface area (Å²) in [5.74, 6) is 0.291. The zero-order valence-electron chi connectivity index (χ0n) is 18.9. The van der Waals surface area contributed by atoms with Gasteiger partial charge < -0.3 is 20.0 Å². The number of carbonyl (C=O) groups excluding carboxylic acids is 2. The molecule has 1 spiro atoms.